The Balaban J connectivity index is 1.82. The molecule has 0 N–H and O–H groups in total. The fraction of sp³-hybridized carbons (Fsp3) is 0.286. The summed E-state index contributed by atoms with van der Waals surface area (Å²) in [6.07, 6.45) is 1.35. The highest BCUT2D eigenvalue weighted by molar-refractivity contribution is 8.13. The number of rotatable bonds is 4. The summed E-state index contributed by atoms with van der Waals surface area (Å²) < 4.78 is 33.7. The molecule has 7 heteroatoms. The second kappa shape index (κ2) is 5.51. The Bertz CT molecular complexity index is 780. The van der Waals surface area contributed by atoms with Gasteiger partial charge in [0.1, 0.15) is 0 Å². The molecule has 0 saturated heterocycles. The van der Waals surface area contributed by atoms with Gasteiger partial charge in [0.2, 0.25) is 6.79 Å². The fourth-order valence-electron chi connectivity index (χ4n) is 2.33. The van der Waals surface area contributed by atoms with Crippen LogP contribution in [0.1, 0.15) is 16.0 Å². The summed E-state index contributed by atoms with van der Waals surface area (Å²) >= 11 is 1.41. The first-order valence-corrected chi connectivity index (χ1v) is 9.54. The van der Waals surface area contributed by atoms with Crippen molar-refractivity contribution in [2.45, 2.75) is 24.7 Å². The van der Waals surface area contributed by atoms with Crippen LogP contribution in [-0.4, -0.2) is 15.2 Å². The first-order chi connectivity index (χ1) is 9.95. The van der Waals surface area contributed by atoms with Gasteiger partial charge >= 0.3 is 0 Å². The number of fused-ring (bicyclic) bond motifs is 1. The molecule has 21 heavy (non-hydrogen) atoms. The lowest BCUT2D eigenvalue weighted by Crippen LogP contribution is -1.97. The van der Waals surface area contributed by atoms with Crippen molar-refractivity contribution >= 4 is 31.1 Å². The van der Waals surface area contributed by atoms with Crippen LogP contribution in [0, 0.1) is 6.92 Å². The fourth-order valence-corrected chi connectivity index (χ4v) is 4.84. The zero-order valence-electron chi connectivity index (χ0n) is 11.3. The molecule has 0 unspecified atom stereocenters. The van der Waals surface area contributed by atoms with Crippen molar-refractivity contribution in [2.75, 3.05) is 6.79 Å². The topological polar surface area (TPSA) is 52.6 Å². The monoisotopic (exact) mass is 344 g/mol. The van der Waals surface area contributed by atoms with Crippen LogP contribution < -0.4 is 9.47 Å². The van der Waals surface area contributed by atoms with Gasteiger partial charge in [-0.2, -0.15) is 0 Å². The highest BCUT2D eigenvalue weighted by Crippen LogP contribution is 2.35. The Morgan fingerprint density at radius 3 is 2.67 bits per heavy atom. The van der Waals surface area contributed by atoms with Crippen molar-refractivity contribution < 1.29 is 17.9 Å². The van der Waals surface area contributed by atoms with E-state index in [1.54, 1.807) is 11.4 Å². The number of aryl methyl sites for hydroxylation is 3. The van der Waals surface area contributed by atoms with Crippen molar-refractivity contribution in [3.63, 3.8) is 0 Å². The van der Waals surface area contributed by atoms with E-state index >= 15 is 0 Å². The molecule has 2 heterocycles. The van der Waals surface area contributed by atoms with E-state index in [4.69, 9.17) is 20.2 Å². The molecule has 3 rings (SSSR count). The molecule has 0 saturated carbocycles. The molecule has 1 aliphatic heterocycles. The quantitative estimate of drug-likeness (QED) is 0.796. The van der Waals surface area contributed by atoms with Gasteiger partial charge in [0.05, 0.1) is 4.90 Å². The van der Waals surface area contributed by atoms with Gasteiger partial charge in [0.15, 0.2) is 11.5 Å². The van der Waals surface area contributed by atoms with Gasteiger partial charge in [-0.25, -0.2) is 8.42 Å². The van der Waals surface area contributed by atoms with E-state index in [0.29, 0.717) is 6.42 Å². The molecule has 0 bridgehead atoms. The van der Waals surface area contributed by atoms with Gasteiger partial charge in [-0.3, -0.25) is 0 Å². The molecule has 0 fully saturated rings. The normalized spacial score (nSPS) is 13.6. The molecule has 0 atom stereocenters. The predicted octanol–water partition coefficient (Wildman–Crippen LogP) is 3.50. The minimum Gasteiger partial charge on any atom is -0.454 e. The van der Waals surface area contributed by atoms with Crippen LogP contribution in [0.15, 0.2) is 28.5 Å². The molecule has 112 valence electrons. The second-order valence-electron chi connectivity index (χ2n) is 4.78. The maximum absolute atomic E-state index is 11.5. The first kappa shape index (κ1) is 14.7. The molecule has 1 aromatic heterocycles. The standard InChI is InChI=1S/C14H13ClO4S2/c1-9-6-11-12(19-8-18-11)7-10(9)2-3-13-14(4-5-20-13)21(15,16)17/h4-7H,2-3,8H2,1H3. The van der Waals surface area contributed by atoms with E-state index in [1.807, 2.05) is 19.1 Å². The minimum absolute atomic E-state index is 0.215. The summed E-state index contributed by atoms with van der Waals surface area (Å²) in [7, 11) is 1.76. The lowest BCUT2D eigenvalue weighted by Gasteiger charge is -2.07. The summed E-state index contributed by atoms with van der Waals surface area (Å²) in [5.41, 5.74) is 2.22. The number of hydrogen-bond acceptors (Lipinski definition) is 5. The van der Waals surface area contributed by atoms with Crippen LogP contribution in [0.2, 0.25) is 0 Å². The second-order valence-corrected chi connectivity index (χ2v) is 8.31. The maximum Gasteiger partial charge on any atom is 0.262 e. The number of thiophene rings is 1. The number of benzene rings is 1. The molecular formula is C14H13ClO4S2. The maximum atomic E-state index is 11.5. The third-order valence-electron chi connectivity index (χ3n) is 3.42. The van der Waals surface area contributed by atoms with Gasteiger partial charge in [-0.1, -0.05) is 0 Å². The van der Waals surface area contributed by atoms with Crippen LogP contribution in [0.3, 0.4) is 0 Å². The van der Waals surface area contributed by atoms with Crippen molar-refractivity contribution in [2.24, 2.45) is 0 Å². The number of halogens is 1. The van der Waals surface area contributed by atoms with Gasteiger partial charge in [0, 0.05) is 15.6 Å². The molecule has 0 spiro atoms. The number of hydrogen-bond donors (Lipinski definition) is 0. The SMILES string of the molecule is Cc1cc2c(cc1CCc1sccc1S(=O)(=O)Cl)OCO2. The molecule has 2 aromatic rings. The Morgan fingerprint density at radius 1 is 1.24 bits per heavy atom. The predicted molar refractivity (Wildman–Crippen MR) is 82.1 cm³/mol. The zero-order valence-corrected chi connectivity index (χ0v) is 13.6. The van der Waals surface area contributed by atoms with Gasteiger partial charge in [0.25, 0.3) is 9.05 Å². The average molecular weight is 345 g/mol. The van der Waals surface area contributed by atoms with Crippen molar-refractivity contribution in [3.05, 3.63) is 39.6 Å². The lowest BCUT2D eigenvalue weighted by molar-refractivity contribution is 0.174. The summed E-state index contributed by atoms with van der Waals surface area (Å²) in [6.45, 7) is 2.25. The smallest absolute Gasteiger partial charge is 0.262 e. The van der Waals surface area contributed by atoms with E-state index < -0.39 is 9.05 Å². The molecule has 1 aliphatic rings. The van der Waals surface area contributed by atoms with Crippen LogP contribution in [0.4, 0.5) is 0 Å². The highest BCUT2D eigenvalue weighted by Gasteiger charge is 2.19. The summed E-state index contributed by atoms with van der Waals surface area (Å²) in [4.78, 5) is 0.995. The summed E-state index contributed by atoms with van der Waals surface area (Å²) in [6, 6.07) is 5.46. The van der Waals surface area contributed by atoms with E-state index in [2.05, 4.69) is 0 Å². The van der Waals surface area contributed by atoms with Gasteiger partial charge in [-0.05, 0) is 54.5 Å². The Hall–Kier alpha value is -1.24. The van der Waals surface area contributed by atoms with Crippen molar-refractivity contribution in [1.29, 1.82) is 0 Å². The van der Waals surface area contributed by atoms with Crippen LogP contribution >= 0.6 is 22.0 Å². The molecule has 4 nitrogen and oxygen atoms in total. The Kier molecular flexibility index (Phi) is 3.86. The van der Waals surface area contributed by atoms with Gasteiger partial charge < -0.3 is 9.47 Å². The average Bonchev–Trinajstić information content (AvgIpc) is 3.02. The largest absolute Gasteiger partial charge is 0.454 e. The van der Waals surface area contributed by atoms with Crippen LogP contribution in [0.25, 0.3) is 0 Å². The number of ether oxygens (including phenoxy) is 2. The van der Waals surface area contributed by atoms with Crippen molar-refractivity contribution in [1.82, 2.24) is 0 Å². The molecule has 1 aromatic carbocycles. The third kappa shape index (κ3) is 3.02. The third-order valence-corrected chi connectivity index (χ3v) is 5.94. The van der Waals surface area contributed by atoms with E-state index in [1.165, 1.54) is 11.3 Å². The van der Waals surface area contributed by atoms with Gasteiger partial charge in [-0.15, -0.1) is 11.3 Å². The summed E-state index contributed by atoms with van der Waals surface area (Å²) in [5, 5.41) is 1.75. The molecule has 0 radical (unpaired) electrons. The zero-order chi connectivity index (χ0) is 15.0. The van der Waals surface area contributed by atoms with E-state index in [-0.39, 0.29) is 11.7 Å². The molecule has 0 aliphatic carbocycles. The molecular weight excluding hydrogens is 332 g/mol. The molecule has 0 amide bonds. The Labute approximate surface area is 131 Å². The first-order valence-electron chi connectivity index (χ1n) is 6.35. The highest BCUT2D eigenvalue weighted by atomic mass is 35.7. The van der Waals surface area contributed by atoms with Crippen molar-refractivity contribution in [3.8, 4) is 11.5 Å². The lowest BCUT2D eigenvalue weighted by atomic mass is 10.0. The Morgan fingerprint density at radius 2 is 1.95 bits per heavy atom. The van der Waals surface area contributed by atoms with E-state index in [9.17, 15) is 8.42 Å². The van der Waals surface area contributed by atoms with E-state index in [0.717, 1.165) is 33.9 Å². The van der Waals surface area contributed by atoms with Crippen LogP contribution in [0.5, 0.6) is 11.5 Å². The minimum atomic E-state index is -3.68. The summed E-state index contributed by atoms with van der Waals surface area (Å²) in [5.74, 6) is 1.50. The van der Waals surface area contributed by atoms with Crippen LogP contribution in [-0.2, 0) is 21.9 Å².